The molecule has 0 atom stereocenters. The molecule has 2 heterocycles. The molecule has 0 unspecified atom stereocenters. The number of amides is 1. The number of benzene rings is 2. The number of hydrogen-bond donors (Lipinski definition) is 1. The molecule has 2 aromatic carbocycles. The number of nitrogens with zero attached hydrogens (tertiary/aromatic N) is 1. The Morgan fingerprint density at radius 1 is 1.17 bits per heavy atom. The highest BCUT2D eigenvalue weighted by atomic mass is 32.2. The van der Waals surface area contributed by atoms with Crippen LogP contribution in [0.5, 0.6) is 5.75 Å². The first-order chi connectivity index (χ1) is 11.3. The van der Waals surface area contributed by atoms with Crippen molar-refractivity contribution in [2.24, 2.45) is 4.99 Å². The van der Waals surface area contributed by atoms with E-state index in [1.54, 1.807) is 0 Å². The zero-order chi connectivity index (χ0) is 15.6. The number of carbonyl (C=O) groups is 1. The Kier molecular flexibility index (Phi) is 3.63. The van der Waals surface area contributed by atoms with Crippen molar-refractivity contribution in [3.05, 3.63) is 64.6 Å². The highest BCUT2D eigenvalue weighted by Crippen LogP contribution is 2.30. The van der Waals surface area contributed by atoms with Crippen LogP contribution in [0.1, 0.15) is 11.1 Å². The van der Waals surface area contributed by atoms with E-state index in [1.807, 2.05) is 48.5 Å². The number of para-hydroxylation sites is 1. The van der Waals surface area contributed by atoms with Gasteiger partial charge in [0.25, 0.3) is 5.91 Å². The molecular weight excluding hydrogens is 308 g/mol. The number of carbonyl (C=O) groups excluding carboxylic acids is 1. The maximum Gasteiger partial charge on any atom is 0.264 e. The van der Waals surface area contributed by atoms with Crippen LogP contribution in [0.25, 0.3) is 6.08 Å². The van der Waals surface area contributed by atoms with Gasteiger partial charge >= 0.3 is 0 Å². The van der Waals surface area contributed by atoms with Crippen LogP contribution in [-0.2, 0) is 11.2 Å². The lowest BCUT2D eigenvalue weighted by molar-refractivity contribution is -0.115. The fraction of sp³-hybridized carbons (Fsp3) is 0.111. The highest BCUT2D eigenvalue weighted by Gasteiger charge is 2.24. The molecular formula is C18H14N2O2S. The second-order valence-electron chi connectivity index (χ2n) is 5.28. The van der Waals surface area contributed by atoms with E-state index in [4.69, 9.17) is 4.74 Å². The minimum atomic E-state index is -0.110. The summed E-state index contributed by atoms with van der Waals surface area (Å²) >= 11 is 1.36. The normalized spacial score (nSPS) is 19.7. The summed E-state index contributed by atoms with van der Waals surface area (Å²) in [5, 5.41) is 3.41. The smallest absolute Gasteiger partial charge is 0.264 e. The predicted molar refractivity (Wildman–Crippen MR) is 92.9 cm³/mol. The Balaban J connectivity index is 1.58. The molecule has 1 N–H and O–H groups in total. The van der Waals surface area contributed by atoms with Gasteiger partial charge in [0.1, 0.15) is 5.75 Å². The van der Waals surface area contributed by atoms with Gasteiger partial charge in [-0.1, -0.05) is 24.3 Å². The van der Waals surface area contributed by atoms with Gasteiger partial charge in [0.15, 0.2) is 5.17 Å². The average Bonchev–Trinajstić information content (AvgIpc) is 3.15. The summed E-state index contributed by atoms with van der Waals surface area (Å²) in [5.74, 6) is 0.837. The van der Waals surface area contributed by atoms with Crippen LogP contribution in [0.3, 0.4) is 0 Å². The fourth-order valence-electron chi connectivity index (χ4n) is 2.55. The molecule has 0 aromatic heterocycles. The number of hydrogen-bond acceptors (Lipinski definition) is 4. The van der Waals surface area contributed by atoms with Crippen molar-refractivity contribution in [3.8, 4) is 5.75 Å². The summed E-state index contributed by atoms with van der Waals surface area (Å²) in [6.07, 6.45) is 2.82. The Labute approximate surface area is 138 Å². The maximum atomic E-state index is 12.1. The van der Waals surface area contributed by atoms with Crippen LogP contribution in [-0.4, -0.2) is 17.7 Å². The van der Waals surface area contributed by atoms with Gasteiger partial charge in [-0.2, -0.15) is 0 Å². The van der Waals surface area contributed by atoms with E-state index in [9.17, 15) is 4.79 Å². The molecule has 0 saturated carbocycles. The molecule has 23 heavy (non-hydrogen) atoms. The van der Waals surface area contributed by atoms with Gasteiger partial charge in [-0.3, -0.25) is 4.79 Å². The van der Waals surface area contributed by atoms with Gasteiger partial charge in [-0.25, -0.2) is 4.99 Å². The monoisotopic (exact) mass is 322 g/mol. The third-order valence-electron chi connectivity index (χ3n) is 3.65. The minimum absolute atomic E-state index is 0.110. The summed E-state index contributed by atoms with van der Waals surface area (Å²) in [4.78, 5) is 17.2. The van der Waals surface area contributed by atoms with E-state index < -0.39 is 0 Å². The second kappa shape index (κ2) is 5.93. The number of ether oxygens (including phenoxy) is 1. The van der Waals surface area contributed by atoms with Crippen LogP contribution in [0.4, 0.5) is 5.69 Å². The topological polar surface area (TPSA) is 50.7 Å². The molecule has 2 aromatic rings. The van der Waals surface area contributed by atoms with E-state index in [1.165, 1.54) is 17.3 Å². The van der Waals surface area contributed by atoms with Crippen molar-refractivity contribution >= 4 is 34.6 Å². The molecule has 1 fully saturated rings. The Morgan fingerprint density at radius 2 is 2.04 bits per heavy atom. The molecule has 1 amide bonds. The summed E-state index contributed by atoms with van der Waals surface area (Å²) in [6.45, 7) is 0.735. The number of rotatable bonds is 2. The van der Waals surface area contributed by atoms with Gasteiger partial charge < -0.3 is 10.1 Å². The van der Waals surface area contributed by atoms with Crippen LogP contribution < -0.4 is 10.1 Å². The maximum absolute atomic E-state index is 12.1. The van der Waals surface area contributed by atoms with Gasteiger partial charge in [0.05, 0.1) is 17.2 Å². The zero-order valence-electron chi connectivity index (χ0n) is 12.3. The number of nitrogens with one attached hydrogen (secondary N) is 1. The molecule has 114 valence electrons. The second-order valence-corrected chi connectivity index (χ2v) is 6.31. The third-order valence-corrected chi connectivity index (χ3v) is 4.56. The van der Waals surface area contributed by atoms with Gasteiger partial charge in [0.2, 0.25) is 0 Å². The SMILES string of the molecule is O=C1NC(=Nc2ccccc2)SC1=Cc1ccc2c(c1)CCO2. The first-order valence-corrected chi connectivity index (χ1v) is 8.20. The van der Waals surface area contributed by atoms with E-state index in [-0.39, 0.29) is 5.91 Å². The Bertz CT molecular complexity index is 828. The lowest BCUT2D eigenvalue weighted by Crippen LogP contribution is -2.19. The molecule has 0 aliphatic carbocycles. The standard InChI is InChI=1S/C18H14N2O2S/c21-17-16(11-12-6-7-15-13(10-12)8-9-22-15)23-18(20-17)19-14-4-2-1-3-5-14/h1-7,10-11H,8-9H2,(H,19,20,21). The first kappa shape index (κ1) is 14.1. The van der Waals surface area contributed by atoms with E-state index in [0.29, 0.717) is 10.1 Å². The van der Waals surface area contributed by atoms with Gasteiger partial charge in [-0.05, 0) is 53.2 Å². The van der Waals surface area contributed by atoms with Crippen molar-refractivity contribution < 1.29 is 9.53 Å². The summed E-state index contributed by atoms with van der Waals surface area (Å²) in [7, 11) is 0. The first-order valence-electron chi connectivity index (χ1n) is 7.38. The third kappa shape index (κ3) is 3.00. The number of thioether (sulfide) groups is 1. The van der Waals surface area contributed by atoms with E-state index >= 15 is 0 Å². The summed E-state index contributed by atoms with van der Waals surface area (Å²) in [5.41, 5.74) is 3.03. The molecule has 0 spiro atoms. The Hall–Kier alpha value is -2.53. The molecule has 2 aliphatic heterocycles. The van der Waals surface area contributed by atoms with Crippen molar-refractivity contribution in [2.45, 2.75) is 6.42 Å². The fourth-order valence-corrected chi connectivity index (χ4v) is 3.39. The number of fused-ring (bicyclic) bond motifs is 1. The van der Waals surface area contributed by atoms with Crippen molar-refractivity contribution in [2.75, 3.05) is 6.61 Å². The highest BCUT2D eigenvalue weighted by molar-refractivity contribution is 8.18. The van der Waals surface area contributed by atoms with Crippen molar-refractivity contribution in [3.63, 3.8) is 0 Å². The summed E-state index contributed by atoms with van der Waals surface area (Å²) in [6, 6.07) is 15.6. The molecule has 0 bridgehead atoms. The van der Waals surface area contributed by atoms with E-state index in [0.717, 1.165) is 30.0 Å². The molecule has 4 rings (SSSR count). The largest absolute Gasteiger partial charge is 0.493 e. The predicted octanol–water partition coefficient (Wildman–Crippen LogP) is 3.51. The van der Waals surface area contributed by atoms with Crippen LogP contribution in [0.15, 0.2) is 58.4 Å². The van der Waals surface area contributed by atoms with Crippen molar-refractivity contribution in [1.29, 1.82) is 0 Å². The van der Waals surface area contributed by atoms with Crippen molar-refractivity contribution in [1.82, 2.24) is 5.32 Å². The number of aliphatic imine (C=N–C) groups is 1. The quantitative estimate of drug-likeness (QED) is 0.861. The lowest BCUT2D eigenvalue weighted by Gasteiger charge is -2.00. The average molecular weight is 322 g/mol. The molecule has 1 saturated heterocycles. The molecule has 2 aliphatic rings. The Morgan fingerprint density at radius 3 is 2.91 bits per heavy atom. The molecule has 5 heteroatoms. The van der Waals surface area contributed by atoms with E-state index in [2.05, 4.69) is 16.4 Å². The summed E-state index contributed by atoms with van der Waals surface area (Å²) < 4.78 is 5.50. The van der Waals surface area contributed by atoms with Crippen LogP contribution >= 0.6 is 11.8 Å². The lowest BCUT2D eigenvalue weighted by atomic mass is 10.1. The van der Waals surface area contributed by atoms with Gasteiger partial charge in [-0.15, -0.1) is 0 Å². The zero-order valence-corrected chi connectivity index (χ0v) is 13.1. The molecule has 0 radical (unpaired) electrons. The minimum Gasteiger partial charge on any atom is -0.493 e. The van der Waals surface area contributed by atoms with Crippen LogP contribution in [0, 0.1) is 0 Å². The molecule has 4 nitrogen and oxygen atoms in total. The van der Waals surface area contributed by atoms with Crippen LogP contribution in [0.2, 0.25) is 0 Å². The van der Waals surface area contributed by atoms with Gasteiger partial charge in [0, 0.05) is 6.42 Å². The number of amidine groups is 1.